The van der Waals surface area contributed by atoms with E-state index in [9.17, 15) is 19.5 Å². The van der Waals surface area contributed by atoms with Crippen molar-refractivity contribution >= 4 is 34.7 Å². The number of esters is 1. The van der Waals surface area contributed by atoms with E-state index in [0.717, 1.165) is 36.9 Å². The number of carboxylic acid groups (broad SMARTS) is 1. The lowest BCUT2D eigenvalue weighted by atomic mass is 9.69. The van der Waals surface area contributed by atoms with Gasteiger partial charge in [0.25, 0.3) is 0 Å². The van der Waals surface area contributed by atoms with Crippen molar-refractivity contribution < 1.29 is 23.8 Å². The van der Waals surface area contributed by atoms with Crippen molar-refractivity contribution in [3.63, 3.8) is 0 Å². The Morgan fingerprint density at radius 2 is 1.82 bits per heavy atom. The van der Waals surface area contributed by atoms with Crippen molar-refractivity contribution in [3.8, 4) is 0 Å². The Morgan fingerprint density at radius 3 is 2.47 bits per heavy atom. The van der Waals surface area contributed by atoms with Gasteiger partial charge in [-0.15, -0.1) is 0 Å². The minimum Gasteiger partial charge on any atom is -0.478 e. The molecular weight excluding hydrogens is 434 g/mol. The van der Waals surface area contributed by atoms with Gasteiger partial charge in [0.05, 0.1) is 19.1 Å². The third kappa shape index (κ3) is 4.15. The van der Waals surface area contributed by atoms with Crippen molar-refractivity contribution in [1.29, 1.82) is 0 Å². The zero-order chi connectivity index (χ0) is 24.8. The Hall–Kier alpha value is -3.35. The van der Waals surface area contributed by atoms with Crippen LogP contribution in [-0.4, -0.2) is 37.2 Å². The molecule has 1 N–H and O–H groups in total. The summed E-state index contributed by atoms with van der Waals surface area (Å²) in [6.45, 7) is 10.9. The number of rotatable bonds is 5. The van der Waals surface area contributed by atoms with Gasteiger partial charge in [-0.05, 0) is 47.4 Å². The Kier molecular flexibility index (Phi) is 5.92. The summed E-state index contributed by atoms with van der Waals surface area (Å²) in [5, 5.41) is 10.2. The molecule has 4 rings (SSSR count). The number of methoxy groups -OCH3 is 1. The molecule has 0 spiro atoms. The number of anilines is 1. The molecule has 0 atom stereocenters. The van der Waals surface area contributed by atoms with Gasteiger partial charge in [0, 0.05) is 35.3 Å². The Balaban J connectivity index is 1.85. The first kappa shape index (κ1) is 23.8. The van der Waals surface area contributed by atoms with Crippen LogP contribution in [0, 0.1) is 0 Å². The first-order valence-corrected chi connectivity index (χ1v) is 11.5. The standard InChI is InChI=1S/C27H31NO6/c1-26(2)9-11-28-12-10-27(3,4)21-22(28)19(26)14-18-13-17(25(32)34-23(18)21)8-6-7-16(24(30)31)15-20(29)33-5/h6-8,13-14H,9-12,15H2,1-5H3,(H,30,31). The van der Waals surface area contributed by atoms with Crippen LogP contribution in [0.2, 0.25) is 0 Å². The molecule has 7 heteroatoms. The lowest BCUT2D eigenvalue weighted by molar-refractivity contribution is -0.142. The number of fused-ring (bicyclic) bond motifs is 2. The Bertz CT molecular complexity index is 1290. The quantitative estimate of drug-likeness (QED) is 0.299. The summed E-state index contributed by atoms with van der Waals surface area (Å²) in [4.78, 5) is 38.2. The van der Waals surface area contributed by atoms with E-state index in [1.807, 2.05) is 6.07 Å². The Labute approximate surface area is 198 Å². The summed E-state index contributed by atoms with van der Waals surface area (Å²) in [6, 6.07) is 3.94. The molecule has 0 aliphatic carbocycles. The van der Waals surface area contributed by atoms with E-state index >= 15 is 0 Å². The third-order valence-electron chi connectivity index (χ3n) is 7.17. The zero-order valence-corrected chi connectivity index (χ0v) is 20.4. The fourth-order valence-electron chi connectivity index (χ4n) is 4.99. The molecule has 2 aromatic rings. The smallest absolute Gasteiger partial charge is 0.343 e. The average molecular weight is 466 g/mol. The highest BCUT2D eigenvalue weighted by Crippen LogP contribution is 2.51. The summed E-state index contributed by atoms with van der Waals surface area (Å²) in [6.07, 6.45) is 5.93. The van der Waals surface area contributed by atoms with Crippen LogP contribution in [0.15, 0.2) is 39.1 Å². The second kappa shape index (κ2) is 8.46. The number of hydrogen-bond acceptors (Lipinski definition) is 6. The number of benzene rings is 1. The second-order valence-corrected chi connectivity index (χ2v) is 10.4. The van der Waals surface area contributed by atoms with Crippen LogP contribution in [0.3, 0.4) is 0 Å². The van der Waals surface area contributed by atoms with E-state index in [1.165, 1.54) is 36.6 Å². The minimum atomic E-state index is -1.22. The van der Waals surface area contributed by atoms with Crippen LogP contribution in [0.4, 0.5) is 5.69 Å². The summed E-state index contributed by atoms with van der Waals surface area (Å²) < 4.78 is 10.4. The van der Waals surface area contributed by atoms with Gasteiger partial charge in [-0.3, -0.25) is 4.79 Å². The maximum atomic E-state index is 12.9. The molecule has 0 saturated heterocycles. The van der Waals surface area contributed by atoms with E-state index in [0.29, 0.717) is 11.1 Å². The molecule has 0 unspecified atom stereocenters. The van der Waals surface area contributed by atoms with E-state index in [2.05, 4.69) is 43.4 Å². The van der Waals surface area contributed by atoms with Gasteiger partial charge in [0.2, 0.25) is 0 Å². The molecular formula is C27H31NO6. The summed E-state index contributed by atoms with van der Waals surface area (Å²) in [5.74, 6) is -1.87. The van der Waals surface area contributed by atoms with Gasteiger partial charge in [-0.25, -0.2) is 9.59 Å². The topological polar surface area (TPSA) is 97.0 Å². The number of nitrogens with zero attached hydrogens (tertiary/aromatic N) is 1. The molecule has 180 valence electrons. The molecule has 0 radical (unpaired) electrons. The molecule has 34 heavy (non-hydrogen) atoms. The van der Waals surface area contributed by atoms with Crippen LogP contribution >= 0.6 is 0 Å². The maximum absolute atomic E-state index is 12.9. The predicted octanol–water partition coefficient (Wildman–Crippen LogP) is 4.55. The monoisotopic (exact) mass is 465 g/mol. The molecule has 0 amide bonds. The molecule has 2 aliphatic heterocycles. The van der Waals surface area contributed by atoms with Crippen molar-refractivity contribution in [2.24, 2.45) is 0 Å². The van der Waals surface area contributed by atoms with Crippen LogP contribution in [0.5, 0.6) is 0 Å². The highest BCUT2D eigenvalue weighted by molar-refractivity contribution is 5.93. The highest BCUT2D eigenvalue weighted by atomic mass is 16.5. The fraction of sp³-hybridized carbons (Fsp3) is 0.444. The maximum Gasteiger partial charge on any atom is 0.343 e. The summed E-state index contributed by atoms with van der Waals surface area (Å²) in [7, 11) is 1.20. The normalized spacial score (nSPS) is 18.7. The number of hydrogen-bond donors (Lipinski definition) is 1. The lowest BCUT2D eigenvalue weighted by Gasteiger charge is -2.48. The van der Waals surface area contributed by atoms with Gasteiger partial charge < -0.3 is 19.2 Å². The molecule has 2 aliphatic rings. The SMILES string of the molecule is COC(=O)CC(=CC=Cc1cc2cc3c4c(c2oc1=O)C(C)(C)CCN4CCC3(C)C)C(=O)O. The van der Waals surface area contributed by atoms with Gasteiger partial charge in [-0.1, -0.05) is 39.8 Å². The minimum absolute atomic E-state index is 0.00133. The number of ether oxygens (including phenoxy) is 1. The van der Waals surface area contributed by atoms with Gasteiger partial charge >= 0.3 is 17.6 Å². The van der Waals surface area contributed by atoms with Crippen molar-refractivity contribution in [2.75, 3.05) is 25.1 Å². The van der Waals surface area contributed by atoms with E-state index < -0.39 is 17.6 Å². The van der Waals surface area contributed by atoms with Crippen LogP contribution in [-0.2, 0) is 25.2 Å². The van der Waals surface area contributed by atoms with Crippen molar-refractivity contribution in [2.45, 2.75) is 57.8 Å². The molecule has 1 aromatic carbocycles. The number of carbonyl (C=O) groups is 2. The number of carboxylic acids is 1. The number of allylic oxidation sites excluding steroid dienone is 2. The molecule has 1 aromatic heterocycles. The summed E-state index contributed by atoms with van der Waals surface area (Å²) >= 11 is 0. The largest absolute Gasteiger partial charge is 0.478 e. The van der Waals surface area contributed by atoms with E-state index in [-0.39, 0.29) is 22.8 Å². The molecule has 0 saturated carbocycles. The van der Waals surface area contributed by atoms with Crippen LogP contribution in [0.1, 0.15) is 63.6 Å². The number of carbonyl (C=O) groups excluding carboxylic acids is 1. The second-order valence-electron chi connectivity index (χ2n) is 10.4. The zero-order valence-electron chi connectivity index (χ0n) is 20.4. The number of aliphatic carboxylic acids is 1. The Morgan fingerprint density at radius 1 is 1.15 bits per heavy atom. The fourth-order valence-corrected chi connectivity index (χ4v) is 4.99. The van der Waals surface area contributed by atoms with Crippen LogP contribution in [0.25, 0.3) is 17.0 Å². The van der Waals surface area contributed by atoms with Crippen LogP contribution < -0.4 is 10.5 Å². The average Bonchev–Trinajstić information content (AvgIpc) is 2.76. The van der Waals surface area contributed by atoms with E-state index in [1.54, 1.807) is 0 Å². The first-order valence-electron chi connectivity index (χ1n) is 11.5. The third-order valence-corrected chi connectivity index (χ3v) is 7.17. The van der Waals surface area contributed by atoms with Crippen molar-refractivity contribution in [3.05, 3.63) is 57.0 Å². The molecule has 0 bridgehead atoms. The predicted molar refractivity (Wildman–Crippen MR) is 131 cm³/mol. The summed E-state index contributed by atoms with van der Waals surface area (Å²) in [5.41, 5.74) is 3.77. The lowest BCUT2D eigenvalue weighted by Crippen LogP contribution is -2.44. The highest BCUT2D eigenvalue weighted by Gasteiger charge is 2.41. The molecule has 7 nitrogen and oxygen atoms in total. The van der Waals surface area contributed by atoms with Gasteiger partial charge in [0.1, 0.15) is 5.58 Å². The first-order chi connectivity index (χ1) is 15.9. The molecule has 3 heterocycles. The van der Waals surface area contributed by atoms with Gasteiger partial charge in [-0.2, -0.15) is 0 Å². The van der Waals surface area contributed by atoms with Gasteiger partial charge in [0.15, 0.2) is 0 Å². The van der Waals surface area contributed by atoms with Crippen molar-refractivity contribution in [1.82, 2.24) is 0 Å². The molecule has 0 fully saturated rings. The van der Waals surface area contributed by atoms with E-state index in [4.69, 9.17) is 4.42 Å².